The van der Waals surface area contributed by atoms with Gasteiger partial charge in [-0.05, 0) is 43.5 Å². The van der Waals surface area contributed by atoms with Crippen molar-refractivity contribution in [3.05, 3.63) is 40.5 Å². The molecular formula is C19H20Cl2N6. The van der Waals surface area contributed by atoms with Crippen molar-refractivity contribution in [3.63, 3.8) is 0 Å². The molecule has 140 valence electrons. The van der Waals surface area contributed by atoms with Crippen molar-refractivity contribution in [2.75, 3.05) is 30.3 Å². The molecule has 0 aliphatic carbocycles. The maximum absolute atomic E-state index is 6.50. The van der Waals surface area contributed by atoms with Crippen LogP contribution in [-0.4, -0.2) is 34.6 Å². The highest BCUT2D eigenvalue weighted by Crippen LogP contribution is 2.41. The Morgan fingerprint density at radius 2 is 1.81 bits per heavy atom. The first-order chi connectivity index (χ1) is 13.1. The van der Waals surface area contributed by atoms with Crippen molar-refractivity contribution in [2.45, 2.75) is 12.8 Å². The smallest absolute Gasteiger partial charge is 0.222 e. The quantitative estimate of drug-likeness (QED) is 0.692. The number of benzene rings is 1. The van der Waals surface area contributed by atoms with E-state index < -0.39 is 0 Å². The third-order valence-corrected chi connectivity index (χ3v) is 5.68. The van der Waals surface area contributed by atoms with E-state index in [1.807, 2.05) is 24.3 Å². The Labute approximate surface area is 167 Å². The van der Waals surface area contributed by atoms with Crippen molar-refractivity contribution in [1.82, 2.24) is 15.0 Å². The van der Waals surface area contributed by atoms with E-state index in [1.54, 1.807) is 6.20 Å². The van der Waals surface area contributed by atoms with Crippen LogP contribution in [0.1, 0.15) is 12.8 Å². The molecule has 0 atom stereocenters. The molecule has 8 heteroatoms. The lowest BCUT2D eigenvalue weighted by molar-refractivity contribution is 0.413. The van der Waals surface area contributed by atoms with Crippen LogP contribution < -0.4 is 16.4 Å². The van der Waals surface area contributed by atoms with E-state index in [4.69, 9.17) is 39.7 Å². The Kier molecular flexibility index (Phi) is 5.04. The van der Waals surface area contributed by atoms with Gasteiger partial charge < -0.3 is 16.4 Å². The molecule has 2 aromatic heterocycles. The first kappa shape index (κ1) is 18.2. The molecular weight excluding hydrogens is 383 g/mol. The number of nitrogen functional groups attached to an aromatic ring is 1. The highest BCUT2D eigenvalue weighted by molar-refractivity contribution is 6.39. The van der Waals surface area contributed by atoms with Crippen LogP contribution in [0, 0.1) is 5.92 Å². The minimum absolute atomic E-state index is 0.200. The predicted molar refractivity (Wildman–Crippen MR) is 111 cm³/mol. The average molecular weight is 403 g/mol. The van der Waals surface area contributed by atoms with Gasteiger partial charge in [0.15, 0.2) is 5.65 Å². The number of nitrogens with zero attached hydrogens (tertiary/aromatic N) is 4. The first-order valence-electron chi connectivity index (χ1n) is 8.89. The van der Waals surface area contributed by atoms with Gasteiger partial charge >= 0.3 is 0 Å². The molecule has 1 aromatic carbocycles. The lowest BCUT2D eigenvalue weighted by atomic mass is 9.96. The number of hydrogen-bond acceptors (Lipinski definition) is 6. The van der Waals surface area contributed by atoms with E-state index in [2.05, 4.69) is 14.9 Å². The largest absolute Gasteiger partial charge is 0.368 e. The molecule has 1 aliphatic rings. The van der Waals surface area contributed by atoms with Crippen LogP contribution >= 0.6 is 23.2 Å². The number of pyridine rings is 1. The van der Waals surface area contributed by atoms with Crippen LogP contribution in [0.5, 0.6) is 0 Å². The summed E-state index contributed by atoms with van der Waals surface area (Å²) in [4.78, 5) is 15.4. The average Bonchev–Trinajstić information content (AvgIpc) is 2.67. The van der Waals surface area contributed by atoms with Gasteiger partial charge in [0, 0.05) is 35.8 Å². The SMILES string of the molecule is NCC1CCN(c2nc3nc(N)ncc3cc2-c2c(Cl)cccc2Cl)CC1. The van der Waals surface area contributed by atoms with Gasteiger partial charge in [-0.25, -0.2) is 9.97 Å². The molecule has 0 spiro atoms. The minimum Gasteiger partial charge on any atom is -0.368 e. The van der Waals surface area contributed by atoms with Crippen LogP contribution in [0.4, 0.5) is 11.8 Å². The number of hydrogen-bond donors (Lipinski definition) is 2. The van der Waals surface area contributed by atoms with Crippen LogP contribution in [0.25, 0.3) is 22.2 Å². The Hall–Kier alpha value is -2.15. The number of halogens is 2. The normalized spacial score (nSPS) is 15.4. The van der Waals surface area contributed by atoms with Gasteiger partial charge in [0.05, 0.1) is 10.0 Å². The standard InChI is InChI=1S/C19H20Cl2N6/c20-14-2-1-3-15(21)16(14)13-8-12-10-24-19(23)26-17(12)25-18(13)27-6-4-11(9-22)5-7-27/h1-3,8,10-11H,4-7,9,22H2,(H2,23,24,25,26). The maximum Gasteiger partial charge on any atom is 0.222 e. The predicted octanol–water partition coefficient (Wildman–Crippen LogP) is 3.76. The molecule has 0 bridgehead atoms. The monoisotopic (exact) mass is 402 g/mol. The van der Waals surface area contributed by atoms with E-state index in [1.165, 1.54) is 0 Å². The van der Waals surface area contributed by atoms with Crippen molar-refractivity contribution in [2.24, 2.45) is 11.7 Å². The van der Waals surface area contributed by atoms with E-state index in [9.17, 15) is 0 Å². The van der Waals surface area contributed by atoms with E-state index >= 15 is 0 Å². The fourth-order valence-electron chi connectivity index (χ4n) is 3.53. The molecule has 27 heavy (non-hydrogen) atoms. The summed E-state index contributed by atoms with van der Waals surface area (Å²) in [7, 11) is 0. The summed E-state index contributed by atoms with van der Waals surface area (Å²) in [5.74, 6) is 1.56. The molecule has 1 saturated heterocycles. The third kappa shape index (κ3) is 3.52. The Morgan fingerprint density at radius 1 is 1.11 bits per heavy atom. The number of anilines is 2. The summed E-state index contributed by atoms with van der Waals surface area (Å²) < 4.78 is 0. The molecule has 0 unspecified atom stereocenters. The molecule has 1 fully saturated rings. The van der Waals surface area contributed by atoms with Crippen molar-refractivity contribution in [3.8, 4) is 11.1 Å². The Morgan fingerprint density at radius 3 is 2.48 bits per heavy atom. The fraction of sp³-hybridized carbons (Fsp3) is 0.316. The molecule has 1 aliphatic heterocycles. The van der Waals surface area contributed by atoms with Gasteiger partial charge in [0.25, 0.3) is 0 Å². The van der Waals surface area contributed by atoms with Crippen LogP contribution in [0.3, 0.4) is 0 Å². The second-order valence-electron chi connectivity index (χ2n) is 6.76. The number of aromatic nitrogens is 3. The van der Waals surface area contributed by atoms with Crippen molar-refractivity contribution >= 4 is 46.0 Å². The number of nitrogens with two attached hydrogens (primary N) is 2. The first-order valence-corrected chi connectivity index (χ1v) is 9.65. The Balaban J connectivity index is 1.89. The maximum atomic E-state index is 6.50. The van der Waals surface area contributed by atoms with E-state index in [-0.39, 0.29) is 5.95 Å². The fourth-order valence-corrected chi connectivity index (χ4v) is 4.13. The van der Waals surface area contributed by atoms with E-state index in [0.29, 0.717) is 28.2 Å². The molecule has 0 amide bonds. The highest BCUT2D eigenvalue weighted by atomic mass is 35.5. The van der Waals surface area contributed by atoms with Gasteiger partial charge in [0.1, 0.15) is 5.82 Å². The Bertz CT molecular complexity index is 965. The summed E-state index contributed by atoms with van der Waals surface area (Å²) in [6, 6.07) is 7.48. The zero-order valence-electron chi connectivity index (χ0n) is 14.7. The second kappa shape index (κ2) is 7.46. The molecule has 4 rings (SSSR count). The van der Waals surface area contributed by atoms with Gasteiger partial charge in [-0.1, -0.05) is 29.3 Å². The molecule has 3 heterocycles. The van der Waals surface area contributed by atoms with Gasteiger partial charge in [0.2, 0.25) is 5.95 Å². The topological polar surface area (TPSA) is 94.0 Å². The number of fused-ring (bicyclic) bond motifs is 1. The number of rotatable bonds is 3. The molecule has 3 aromatic rings. The summed E-state index contributed by atoms with van der Waals surface area (Å²) in [5, 5.41) is 1.95. The second-order valence-corrected chi connectivity index (χ2v) is 7.58. The summed E-state index contributed by atoms with van der Waals surface area (Å²) in [5.41, 5.74) is 13.8. The van der Waals surface area contributed by atoms with Crippen LogP contribution in [0.2, 0.25) is 10.0 Å². The molecule has 0 saturated carbocycles. The zero-order valence-corrected chi connectivity index (χ0v) is 16.2. The van der Waals surface area contributed by atoms with Gasteiger partial charge in [-0.2, -0.15) is 4.98 Å². The molecule has 4 N–H and O–H groups in total. The lowest BCUT2D eigenvalue weighted by Crippen LogP contribution is -2.36. The summed E-state index contributed by atoms with van der Waals surface area (Å²) in [6.07, 6.45) is 3.72. The molecule has 0 radical (unpaired) electrons. The zero-order chi connectivity index (χ0) is 19.0. The third-order valence-electron chi connectivity index (χ3n) is 5.05. The van der Waals surface area contributed by atoms with Crippen molar-refractivity contribution in [1.29, 1.82) is 0 Å². The van der Waals surface area contributed by atoms with Crippen LogP contribution in [0.15, 0.2) is 30.5 Å². The lowest BCUT2D eigenvalue weighted by Gasteiger charge is -2.33. The summed E-state index contributed by atoms with van der Waals surface area (Å²) in [6.45, 7) is 2.46. The highest BCUT2D eigenvalue weighted by Gasteiger charge is 2.24. The minimum atomic E-state index is 0.200. The van der Waals surface area contributed by atoms with Crippen molar-refractivity contribution < 1.29 is 0 Å². The van der Waals surface area contributed by atoms with Gasteiger partial charge in [-0.3, -0.25) is 0 Å². The molecule has 6 nitrogen and oxygen atoms in total. The van der Waals surface area contributed by atoms with Crippen LogP contribution in [-0.2, 0) is 0 Å². The number of piperidine rings is 1. The van der Waals surface area contributed by atoms with E-state index in [0.717, 1.165) is 48.3 Å². The van der Waals surface area contributed by atoms with Gasteiger partial charge in [-0.15, -0.1) is 0 Å². The summed E-state index contributed by atoms with van der Waals surface area (Å²) >= 11 is 13.0.